The van der Waals surface area contributed by atoms with Crippen molar-refractivity contribution in [2.45, 2.75) is 12.8 Å². The van der Waals surface area contributed by atoms with Crippen LogP contribution in [-0.4, -0.2) is 26.2 Å². The Kier molecular flexibility index (Phi) is 3.45. The lowest BCUT2D eigenvalue weighted by Gasteiger charge is -2.12. The van der Waals surface area contributed by atoms with Gasteiger partial charge >= 0.3 is 0 Å². The van der Waals surface area contributed by atoms with Crippen LogP contribution >= 0.6 is 0 Å². The highest BCUT2D eigenvalue weighted by Crippen LogP contribution is 2.12. The van der Waals surface area contributed by atoms with Gasteiger partial charge in [-0.3, -0.25) is 0 Å². The summed E-state index contributed by atoms with van der Waals surface area (Å²) in [4.78, 5) is 1.67. The number of nitrogens with two attached hydrogens (primary N) is 1. The summed E-state index contributed by atoms with van der Waals surface area (Å²) in [5.41, 5.74) is 6.38. The molecule has 0 amide bonds. The predicted molar refractivity (Wildman–Crippen MR) is 61.1 cm³/mol. The average Bonchev–Trinajstić information content (AvgIpc) is 2.74. The van der Waals surface area contributed by atoms with Crippen LogP contribution in [0.1, 0.15) is 12.8 Å². The number of quaternary nitrogens is 1. The fraction of sp³-hybridized carbons (Fsp3) is 0.500. The van der Waals surface area contributed by atoms with E-state index in [0.29, 0.717) is 0 Å². The Morgan fingerprint density at radius 1 is 1.13 bits per heavy atom. The normalized spacial score (nSPS) is 16.8. The highest BCUT2D eigenvalue weighted by atomic mass is 16.5. The van der Waals surface area contributed by atoms with E-state index in [9.17, 15) is 0 Å². The van der Waals surface area contributed by atoms with Crippen LogP contribution in [0.3, 0.4) is 0 Å². The van der Waals surface area contributed by atoms with Crippen molar-refractivity contribution in [3.05, 3.63) is 24.3 Å². The van der Waals surface area contributed by atoms with Gasteiger partial charge in [0.15, 0.2) is 0 Å². The monoisotopic (exact) mass is 207 g/mol. The van der Waals surface area contributed by atoms with E-state index in [1.165, 1.54) is 25.9 Å². The molecule has 1 aromatic rings. The Labute approximate surface area is 90.8 Å². The molecular weight excluding hydrogens is 188 g/mol. The average molecular weight is 207 g/mol. The number of rotatable bonds is 4. The molecule has 3 nitrogen and oxygen atoms in total. The molecule has 0 atom stereocenters. The summed E-state index contributed by atoms with van der Waals surface area (Å²) in [6, 6.07) is 7.60. The molecule has 1 fully saturated rings. The van der Waals surface area contributed by atoms with E-state index in [4.69, 9.17) is 10.5 Å². The Morgan fingerprint density at radius 3 is 2.47 bits per heavy atom. The van der Waals surface area contributed by atoms with Gasteiger partial charge in [0.1, 0.15) is 18.9 Å². The fourth-order valence-electron chi connectivity index (χ4n) is 2.00. The largest absolute Gasteiger partial charge is 0.488 e. The molecule has 1 saturated heterocycles. The van der Waals surface area contributed by atoms with Crippen molar-refractivity contribution >= 4 is 5.69 Å². The lowest BCUT2D eigenvalue weighted by atomic mass is 10.3. The van der Waals surface area contributed by atoms with E-state index in [-0.39, 0.29) is 0 Å². The maximum atomic E-state index is 5.65. The van der Waals surface area contributed by atoms with Crippen molar-refractivity contribution in [3.8, 4) is 5.75 Å². The summed E-state index contributed by atoms with van der Waals surface area (Å²) in [6.07, 6.45) is 2.74. The summed E-state index contributed by atoms with van der Waals surface area (Å²) in [7, 11) is 0. The molecule has 1 aliphatic heterocycles. The van der Waals surface area contributed by atoms with Gasteiger partial charge in [-0.2, -0.15) is 0 Å². The molecule has 0 spiro atoms. The Hall–Kier alpha value is -1.22. The minimum absolute atomic E-state index is 0.785. The highest BCUT2D eigenvalue weighted by molar-refractivity contribution is 5.41. The van der Waals surface area contributed by atoms with Crippen molar-refractivity contribution < 1.29 is 9.64 Å². The maximum absolute atomic E-state index is 5.65. The molecule has 3 heteroatoms. The van der Waals surface area contributed by atoms with E-state index in [0.717, 1.165) is 24.6 Å². The second kappa shape index (κ2) is 5.03. The lowest BCUT2D eigenvalue weighted by molar-refractivity contribution is -0.887. The lowest BCUT2D eigenvalue weighted by Crippen LogP contribution is -3.10. The first-order valence-electron chi connectivity index (χ1n) is 5.66. The maximum Gasteiger partial charge on any atom is 0.137 e. The van der Waals surface area contributed by atoms with E-state index in [2.05, 4.69) is 0 Å². The van der Waals surface area contributed by atoms with Gasteiger partial charge in [0.05, 0.1) is 13.1 Å². The molecular formula is C12H19N2O+. The fourth-order valence-corrected chi connectivity index (χ4v) is 2.00. The molecule has 0 unspecified atom stereocenters. The number of benzene rings is 1. The first kappa shape index (κ1) is 10.3. The molecule has 1 heterocycles. The van der Waals surface area contributed by atoms with Gasteiger partial charge in [-0.05, 0) is 24.3 Å². The number of hydrogen-bond acceptors (Lipinski definition) is 2. The molecule has 82 valence electrons. The number of hydrogen-bond donors (Lipinski definition) is 2. The molecule has 1 aliphatic rings. The standard InChI is InChI=1S/C12H18N2O/c13-11-3-5-12(6-4-11)15-10-9-14-7-1-2-8-14/h3-6H,1-2,7-10,13H2/p+1. The topological polar surface area (TPSA) is 39.7 Å². The summed E-state index contributed by atoms with van der Waals surface area (Å²) >= 11 is 0. The van der Waals surface area contributed by atoms with Crippen LogP contribution in [0, 0.1) is 0 Å². The molecule has 15 heavy (non-hydrogen) atoms. The number of nitrogens with one attached hydrogen (secondary N) is 1. The smallest absolute Gasteiger partial charge is 0.137 e. The van der Waals surface area contributed by atoms with Crippen molar-refractivity contribution in [2.24, 2.45) is 0 Å². The molecule has 0 bridgehead atoms. The van der Waals surface area contributed by atoms with Crippen LogP contribution in [0.25, 0.3) is 0 Å². The SMILES string of the molecule is Nc1ccc(OCC[NH+]2CCCC2)cc1. The van der Waals surface area contributed by atoms with Gasteiger partial charge in [-0.1, -0.05) is 0 Å². The van der Waals surface area contributed by atoms with Gasteiger partial charge in [-0.25, -0.2) is 0 Å². The predicted octanol–water partition coefficient (Wildman–Crippen LogP) is 0.326. The van der Waals surface area contributed by atoms with Gasteiger partial charge < -0.3 is 15.4 Å². The van der Waals surface area contributed by atoms with Crippen LogP contribution in [0.2, 0.25) is 0 Å². The van der Waals surface area contributed by atoms with Gasteiger partial charge in [-0.15, -0.1) is 0 Å². The third-order valence-electron chi connectivity index (χ3n) is 2.92. The molecule has 0 saturated carbocycles. The molecule has 2 rings (SSSR count). The second-order valence-corrected chi connectivity index (χ2v) is 4.12. The van der Waals surface area contributed by atoms with Gasteiger partial charge in [0.2, 0.25) is 0 Å². The van der Waals surface area contributed by atoms with Gasteiger partial charge in [0.25, 0.3) is 0 Å². The quantitative estimate of drug-likeness (QED) is 0.698. The Bertz CT molecular complexity index is 291. The first-order valence-corrected chi connectivity index (χ1v) is 5.66. The van der Waals surface area contributed by atoms with Crippen LogP contribution in [0.4, 0.5) is 5.69 Å². The third kappa shape index (κ3) is 3.13. The zero-order valence-corrected chi connectivity index (χ0v) is 9.04. The van der Waals surface area contributed by atoms with Crippen molar-refractivity contribution in [2.75, 3.05) is 32.0 Å². The minimum Gasteiger partial charge on any atom is -0.488 e. The second-order valence-electron chi connectivity index (χ2n) is 4.12. The first-order chi connectivity index (χ1) is 7.34. The van der Waals surface area contributed by atoms with E-state index in [1.54, 1.807) is 4.90 Å². The number of ether oxygens (including phenoxy) is 1. The third-order valence-corrected chi connectivity index (χ3v) is 2.92. The highest BCUT2D eigenvalue weighted by Gasteiger charge is 2.14. The van der Waals surface area contributed by atoms with Crippen LogP contribution in [0.5, 0.6) is 5.75 Å². The molecule has 0 aliphatic carbocycles. The van der Waals surface area contributed by atoms with Gasteiger partial charge in [0, 0.05) is 18.5 Å². The zero-order valence-electron chi connectivity index (χ0n) is 9.04. The van der Waals surface area contributed by atoms with Crippen LogP contribution in [-0.2, 0) is 0 Å². The van der Waals surface area contributed by atoms with Crippen molar-refractivity contribution in [1.29, 1.82) is 0 Å². The summed E-state index contributed by atoms with van der Waals surface area (Å²) in [5, 5.41) is 0. The van der Waals surface area contributed by atoms with E-state index >= 15 is 0 Å². The van der Waals surface area contributed by atoms with Crippen molar-refractivity contribution in [1.82, 2.24) is 0 Å². The number of nitrogen functional groups attached to an aromatic ring is 1. The van der Waals surface area contributed by atoms with E-state index in [1.807, 2.05) is 24.3 Å². The summed E-state index contributed by atoms with van der Waals surface area (Å²) in [5.74, 6) is 0.919. The number of likely N-dealkylation sites (tertiary alicyclic amines) is 1. The van der Waals surface area contributed by atoms with Crippen LogP contribution in [0.15, 0.2) is 24.3 Å². The molecule has 3 N–H and O–H groups in total. The van der Waals surface area contributed by atoms with E-state index < -0.39 is 0 Å². The minimum atomic E-state index is 0.785. The molecule has 0 radical (unpaired) electrons. The molecule has 0 aromatic heterocycles. The molecule has 1 aromatic carbocycles. The summed E-state index contributed by atoms with van der Waals surface area (Å²) < 4.78 is 5.65. The summed E-state index contributed by atoms with van der Waals surface area (Å²) in [6.45, 7) is 4.54. The zero-order chi connectivity index (χ0) is 10.5. The Morgan fingerprint density at radius 2 is 1.80 bits per heavy atom. The van der Waals surface area contributed by atoms with Crippen molar-refractivity contribution in [3.63, 3.8) is 0 Å². The number of anilines is 1. The Balaban J connectivity index is 1.71. The van der Waals surface area contributed by atoms with Crippen LogP contribution < -0.4 is 15.4 Å².